The van der Waals surface area contributed by atoms with Crippen LogP contribution in [0.25, 0.3) is 0 Å². The Balaban J connectivity index is 2.31. The minimum atomic E-state index is -0.799. The van der Waals surface area contributed by atoms with Gasteiger partial charge in [-0.1, -0.05) is 12.8 Å². The lowest BCUT2D eigenvalue weighted by molar-refractivity contribution is -0.136. The molecule has 0 spiro atoms. The van der Waals surface area contributed by atoms with E-state index in [1.54, 1.807) is 0 Å². The minimum absolute atomic E-state index is 0.118. The van der Waals surface area contributed by atoms with Crippen LogP contribution in [-0.4, -0.2) is 46.0 Å². The molecule has 1 rings (SSSR count). The van der Waals surface area contributed by atoms with Gasteiger partial charge in [-0.25, -0.2) is 0 Å². The quantitative estimate of drug-likeness (QED) is 0.820. The Morgan fingerprint density at radius 1 is 1.24 bits per heavy atom. The summed E-state index contributed by atoms with van der Waals surface area (Å²) < 4.78 is 0. The average Bonchev–Trinajstić information content (AvgIpc) is 2.55. The number of rotatable bonds is 5. The van der Waals surface area contributed by atoms with Gasteiger partial charge in [-0.15, -0.1) is 11.8 Å². The molecule has 1 fully saturated rings. The molecule has 1 aliphatic rings. The first-order valence-corrected chi connectivity index (χ1v) is 7.28. The second-order valence-electron chi connectivity index (χ2n) is 4.40. The Morgan fingerprint density at radius 3 is 2.35 bits per heavy atom. The van der Waals surface area contributed by atoms with Gasteiger partial charge >= 0.3 is 5.97 Å². The van der Waals surface area contributed by atoms with Crippen LogP contribution < -0.4 is 0 Å². The van der Waals surface area contributed by atoms with Gasteiger partial charge in [0.25, 0.3) is 0 Å². The topological polar surface area (TPSA) is 57.6 Å². The zero-order valence-electron chi connectivity index (χ0n) is 10.4. The maximum absolute atomic E-state index is 12.1. The number of hydrogen-bond donors (Lipinski definition) is 1. The summed E-state index contributed by atoms with van der Waals surface area (Å²) in [7, 11) is 0. The molecule has 98 valence electrons. The number of thioether (sulfide) groups is 1. The van der Waals surface area contributed by atoms with Crippen molar-refractivity contribution >= 4 is 23.6 Å². The van der Waals surface area contributed by atoms with E-state index in [-0.39, 0.29) is 17.6 Å². The van der Waals surface area contributed by atoms with E-state index in [2.05, 4.69) is 0 Å². The molecule has 0 bridgehead atoms. The van der Waals surface area contributed by atoms with Crippen LogP contribution in [0.15, 0.2) is 0 Å². The molecular weight excluding hydrogens is 238 g/mol. The second kappa shape index (κ2) is 7.58. The van der Waals surface area contributed by atoms with Gasteiger partial charge in [0, 0.05) is 18.8 Å². The van der Waals surface area contributed by atoms with Crippen molar-refractivity contribution < 1.29 is 14.7 Å². The number of amides is 1. The molecule has 5 heteroatoms. The Labute approximate surface area is 107 Å². The molecule has 1 saturated heterocycles. The van der Waals surface area contributed by atoms with Crippen molar-refractivity contribution in [2.24, 2.45) is 0 Å². The molecule has 1 amide bonds. The molecular formula is C12H21NO3S. The summed E-state index contributed by atoms with van der Waals surface area (Å²) in [5.74, 6) is -0.120. The van der Waals surface area contributed by atoms with E-state index < -0.39 is 5.97 Å². The molecule has 0 radical (unpaired) electrons. The third-order valence-electron chi connectivity index (χ3n) is 2.95. The summed E-state index contributed by atoms with van der Waals surface area (Å²) in [6, 6.07) is 0. The van der Waals surface area contributed by atoms with Crippen molar-refractivity contribution in [1.29, 1.82) is 0 Å². The SMILES string of the molecule is CC(SCCC(=O)O)C(=O)N1CCCCCC1. The first kappa shape index (κ1) is 14.4. The number of aliphatic carboxylic acids is 1. The van der Waals surface area contributed by atoms with E-state index in [0.717, 1.165) is 25.9 Å². The highest BCUT2D eigenvalue weighted by Crippen LogP contribution is 2.17. The number of carboxylic acids is 1. The van der Waals surface area contributed by atoms with Crippen LogP contribution in [0.1, 0.15) is 39.0 Å². The average molecular weight is 259 g/mol. The molecule has 0 aliphatic carbocycles. The largest absolute Gasteiger partial charge is 0.481 e. The van der Waals surface area contributed by atoms with Crippen LogP contribution in [-0.2, 0) is 9.59 Å². The summed E-state index contributed by atoms with van der Waals surface area (Å²) in [4.78, 5) is 24.4. The smallest absolute Gasteiger partial charge is 0.304 e. The third kappa shape index (κ3) is 5.44. The first-order valence-electron chi connectivity index (χ1n) is 6.23. The predicted octanol–water partition coefficient (Wildman–Crippen LogP) is 1.99. The van der Waals surface area contributed by atoms with Gasteiger partial charge in [0.1, 0.15) is 0 Å². The highest BCUT2D eigenvalue weighted by molar-refractivity contribution is 8.00. The zero-order chi connectivity index (χ0) is 12.7. The number of nitrogens with zero attached hydrogens (tertiary/aromatic N) is 1. The van der Waals surface area contributed by atoms with Crippen molar-refractivity contribution in [3.8, 4) is 0 Å². The number of carboxylic acid groups (broad SMARTS) is 1. The van der Waals surface area contributed by atoms with Crippen molar-refractivity contribution in [3.63, 3.8) is 0 Å². The fourth-order valence-corrected chi connectivity index (χ4v) is 2.88. The van der Waals surface area contributed by atoms with Gasteiger partial charge < -0.3 is 10.0 Å². The third-order valence-corrected chi connectivity index (χ3v) is 4.09. The molecule has 1 heterocycles. The Bertz CT molecular complexity index is 262. The summed E-state index contributed by atoms with van der Waals surface area (Å²) in [6.45, 7) is 3.60. The maximum Gasteiger partial charge on any atom is 0.304 e. The fourth-order valence-electron chi connectivity index (χ4n) is 1.94. The van der Waals surface area contributed by atoms with Crippen LogP contribution in [0, 0.1) is 0 Å². The standard InChI is InChI=1S/C12H21NO3S/c1-10(17-9-6-11(14)15)12(16)13-7-4-2-3-5-8-13/h10H,2-9H2,1H3,(H,14,15). The van der Waals surface area contributed by atoms with Gasteiger partial charge in [0.2, 0.25) is 5.91 Å². The lowest BCUT2D eigenvalue weighted by Gasteiger charge is -2.23. The van der Waals surface area contributed by atoms with Crippen molar-refractivity contribution in [1.82, 2.24) is 4.90 Å². The number of hydrogen-bond acceptors (Lipinski definition) is 3. The van der Waals surface area contributed by atoms with Gasteiger partial charge in [-0.05, 0) is 19.8 Å². The van der Waals surface area contributed by atoms with E-state index >= 15 is 0 Å². The second-order valence-corrected chi connectivity index (χ2v) is 5.84. The maximum atomic E-state index is 12.1. The van der Waals surface area contributed by atoms with Gasteiger partial charge in [-0.3, -0.25) is 9.59 Å². The minimum Gasteiger partial charge on any atom is -0.481 e. The van der Waals surface area contributed by atoms with E-state index in [9.17, 15) is 9.59 Å². The van der Waals surface area contributed by atoms with E-state index in [0.29, 0.717) is 5.75 Å². The normalized spacial score (nSPS) is 18.5. The van der Waals surface area contributed by atoms with Crippen LogP contribution in [0.3, 0.4) is 0 Å². The fraction of sp³-hybridized carbons (Fsp3) is 0.833. The number of carbonyl (C=O) groups excluding carboxylic acids is 1. The van der Waals surface area contributed by atoms with Crippen LogP contribution in [0.5, 0.6) is 0 Å². The van der Waals surface area contributed by atoms with Gasteiger partial charge in [0.05, 0.1) is 11.7 Å². The Hall–Kier alpha value is -0.710. The molecule has 0 aromatic rings. The highest BCUT2D eigenvalue weighted by Gasteiger charge is 2.21. The van der Waals surface area contributed by atoms with E-state index in [1.165, 1.54) is 24.6 Å². The molecule has 1 aliphatic heterocycles. The molecule has 0 aromatic carbocycles. The Morgan fingerprint density at radius 2 is 1.82 bits per heavy atom. The summed E-state index contributed by atoms with van der Waals surface area (Å²) in [5, 5.41) is 8.42. The predicted molar refractivity (Wildman–Crippen MR) is 69.2 cm³/mol. The first-order chi connectivity index (χ1) is 8.11. The van der Waals surface area contributed by atoms with Gasteiger partial charge in [-0.2, -0.15) is 0 Å². The molecule has 1 atom stereocenters. The molecule has 1 unspecified atom stereocenters. The summed E-state index contributed by atoms with van der Waals surface area (Å²) in [5.41, 5.74) is 0. The van der Waals surface area contributed by atoms with Crippen molar-refractivity contribution in [3.05, 3.63) is 0 Å². The highest BCUT2D eigenvalue weighted by atomic mass is 32.2. The molecule has 0 saturated carbocycles. The zero-order valence-corrected chi connectivity index (χ0v) is 11.2. The lowest BCUT2D eigenvalue weighted by Crippen LogP contribution is -2.37. The van der Waals surface area contributed by atoms with Crippen molar-refractivity contribution in [2.45, 2.75) is 44.3 Å². The monoisotopic (exact) mass is 259 g/mol. The molecule has 4 nitrogen and oxygen atoms in total. The lowest BCUT2D eigenvalue weighted by atomic mass is 10.2. The molecule has 0 aromatic heterocycles. The summed E-state index contributed by atoms with van der Waals surface area (Å²) >= 11 is 1.44. The van der Waals surface area contributed by atoms with Crippen molar-refractivity contribution in [2.75, 3.05) is 18.8 Å². The Kier molecular flexibility index (Phi) is 6.40. The number of carbonyl (C=O) groups is 2. The number of likely N-dealkylation sites (tertiary alicyclic amines) is 1. The van der Waals surface area contributed by atoms with E-state index in [1.807, 2.05) is 11.8 Å². The van der Waals surface area contributed by atoms with E-state index in [4.69, 9.17) is 5.11 Å². The van der Waals surface area contributed by atoms with Crippen LogP contribution >= 0.6 is 11.8 Å². The molecule has 1 N–H and O–H groups in total. The summed E-state index contributed by atoms with van der Waals surface area (Å²) in [6.07, 6.45) is 4.74. The molecule has 17 heavy (non-hydrogen) atoms. The van der Waals surface area contributed by atoms with Gasteiger partial charge in [0.15, 0.2) is 0 Å². The van der Waals surface area contributed by atoms with Crippen LogP contribution in [0.4, 0.5) is 0 Å². The van der Waals surface area contributed by atoms with Crippen LogP contribution in [0.2, 0.25) is 0 Å².